The van der Waals surface area contributed by atoms with Gasteiger partial charge in [-0.05, 0) is 53.8 Å². The van der Waals surface area contributed by atoms with Crippen molar-refractivity contribution in [3.63, 3.8) is 0 Å². The molecule has 3 N–H and O–H groups in total. The zero-order chi connectivity index (χ0) is 16.9. The minimum absolute atomic E-state index is 0.148. The van der Waals surface area contributed by atoms with Crippen molar-refractivity contribution in [2.45, 2.75) is 13.3 Å². The van der Waals surface area contributed by atoms with Crippen molar-refractivity contribution < 1.29 is 9.59 Å². The van der Waals surface area contributed by atoms with Gasteiger partial charge in [0.2, 0.25) is 5.91 Å². The standard InChI is InChI=1S/C19H19N3O2/c1-13(23)22-17-4-2-3-16(12-17)19(24)21-9-7-14-5-6-18-15(11-14)8-10-20-18/h2-6,8,10-12,20H,7,9H2,1H3,(H,21,24)(H,22,23). The zero-order valence-corrected chi connectivity index (χ0v) is 13.4. The second-order valence-corrected chi connectivity index (χ2v) is 5.67. The maximum Gasteiger partial charge on any atom is 0.251 e. The van der Waals surface area contributed by atoms with E-state index in [9.17, 15) is 9.59 Å². The van der Waals surface area contributed by atoms with Gasteiger partial charge in [-0.2, -0.15) is 0 Å². The molecule has 5 nitrogen and oxygen atoms in total. The smallest absolute Gasteiger partial charge is 0.251 e. The molecule has 0 aliphatic rings. The summed E-state index contributed by atoms with van der Waals surface area (Å²) in [6.07, 6.45) is 2.68. The van der Waals surface area contributed by atoms with Crippen molar-refractivity contribution in [2.24, 2.45) is 0 Å². The molecule has 0 fully saturated rings. The Morgan fingerprint density at radius 1 is 1.08 bits per heavy atom. The number of aromatic nitrogens is 1. The molecule has 0 aliphatic carbocycles. The molecule has 0 radical (unpaired) electrons. The van der Waals surface area contributed by atoms with Crippen LogP contribution in [0.2, 0.25) is 0 Å². The van der Waals surface area contributed by atoms with Gasteiger partial charge < -0.3 is 15.6 Å². The zero-order valence-electron chi connectivity index (χ0n) is 13.4. The number of hydrogen-bond acceptors (Lipinski definition) is 2. The Labute approximate surface area is 140 Å². The van der Waals surface area contributed by atoms with Gasteiger partial charge in [-0.25, -0.2) is 0 Å². The van der Waals surface area contributed by atoms with Crippen LogP contribution in [0.1, 0.15) is 22.8 Å². The predicted molar refractivity (Wildman–Crippen MR) is 95.1 cm³/mol. The molecule has 0 spiro atoms. The van der Waals surface area contributed by atoms with E-state index in [0.29, 0.717) is 17.8 Å². The Kier molecular flexibility index (Phi) is 4.61. The number of rotatable bonds is 5. The van der Waals surface area contributed by atoms with Crippen LogP contribution in [0.3, 0.4) is 0 Å². The first kappa shape index (κ1) is 15.8. The van der Waals surface area contributed by atoms with Crippen LogP contribution in [0.4, 0.5) is 5.69 Å². The number of anilines is 1. The van der Waals surface area contributed by atoms with E-state index in [-0.39, 0.29) is 11.8 Å². The predicted octanol–water partition coefficient (Wildman–Crippen LogP) is 3.10. The highest BCUT2D eigenvalue weighted by Gasteiger charge is 2.06. The molecule has 0 saturated heterocycles. The monoisotopic (exact) mass is 321 g/mol. The quantitative estimate of drug-likeness (QED) is 0.675. The van der Waals surface area contributed by atoms with Crippen molar-refractivity contribution in [2.75, 3.05) is 11.9 Å². The molecule has 1 aromatic heterocycles. The van der Waals surface area contributed by atoms with E-state index in [1.807, 2.05) is 18.3 Å². The highest BCUT2D eigenvalue weighted by Crippen LogP contribution is 2.14. The number of fused-ring (bicyclic) bond motifs is 1. The largest absolute Gasteiger partial charge is 0.361 e. The van der Waals surface area contributed by atoms with Crippen LogP contribution in [0.25, 0.3) is 10.9 Å². The molecule has 0 aliphatic heterocycles. The molecule has 122 valence electrons. The number of nitrogens with one attached hydrogen (secondary N) is 3. The lowest BCUT2D eigenvalue weighted by atomic mass is 10.1. The SMILES string of the molecule is CC(=O)Nc1cccc(C(=O)NCCc2ccc3[nH]ccc3c2)c1. The lowest BCUT2D eigenvalue weighted by Gasteiger charge is -2.08. The fraction of sp³-hybridized carbons (Fsp3) is 0.158. The Morgan fingerprint density at radius 2 is 1.96 bits per heavy atom. The van der Waals surface area contributed by atoms with Crippen LogP contribution in [-0.2, 0) is 11.2 Å². The van der Waals surface area contributed by atoms with E-state index in [4.69, 9.17) is 0 Å². The summed E-state index contributed by atoms with van der Waals surface area (Å²) in [5.74, 6) is -0.308. The molecule has 2 aromatic carbocycles. The number of aromatic amines is 1. The summed E-state index contributed by atoms with van der Waals surface area (Å²) >= 11 is 0. The molecule has 3 rings (SSSR count). The van der Waals surface area contributed by atoms with Gasteiger partial charge in [-0.15, -0.1) is 0 Å². The highest BCUT2D eigenvalue weighted by atomic mass is 16.2. The van der Waals surface area contributed by atoms with Gasteiger partial charge in [-0.1, -0.05) is 12.1 Å². The van der Waals surface area contributed by atoms with Gasteiger partial charge in [0.05, 0.1) is 0 Å². The van der Waals surface area contributed by atoms with E-state index in [0.717, 1.165) is 11.9 Å². The lowest BCUT2D eigenvalue weighted by molar-refractivity contribution is -0.114. The van der Waals surface area contributed by atoms with E-state index in [2.05, 4.69) is 27.8 Å². The minimum atomic E-state index is -0.160. The topological polar surface area (TPSA) is 74.0 Å². The summed E-state index contributed by atoms with van der Waals surface area (Å²) < 4.78 is 0. The summed E-state index contributed by atoms with van der Waals surface area (Å²) in [6, 6.07) is 15.2. The van der Waals surface area contributed by atoms with Gasteiger partial charge in [0.25, 0.3) is 5.91 Å². The lowest BCUT2D eigenvalue weighted by Crippen LogP contribution is -2.25. The Bertz CT molecular complexity index is 883. The molecule has 24 heavy (non-hydrogen) atoms. The molecule has 0 bridgehead atoms. The summed E-state index contributed by atoms with van der Waals surface area (Å²) in [4.78, 5) is 26.5. The second kappa shape index (κ2) is 7.00. The summed E-state index contributed by atoms with van der Waals surface area (Å²) in [5, 5.41) is 6.75. The van der Waals surface area contributed by atoms with E-state index in [1.165, 1.54) is 17.9 Å². The van der Waals surface area contributed by atoms with Gasteiger partial charge >= 0.3 is 0 Å². The minimum Gasteiger partial charge on any atom is -0.361 e. The number of carbonyl (C=O) groups excluding carboxylic acids is 2. The van der Waals surface area contributed by atoms with Gasteiger partial charge in [0, 0.05) is 36.4 Å². The summed E-state index contributed by atoms with van der Waals surface area (Å²) in [7, 11) is 0. The van der Waals surface area contributed by atoms with Crippen LogP contribution in [-0.4, -0.2) is 23.3 Å². The highest BCUT2D eigenvalue weighted by molar-refractivity contribution is 5.96. The first-order valence-electron chi connectivity index (χ1n) is 7.84. The molecule has 0 atom stereocenters. The number of amides is 2. The van der Waals surface area contributed by atoms with Gasteiger partial charge in [0.15, 0.2) is 0 Å². The number of carbonyl (C=O) groups is 2. The molecule has 2 amide bonds. The molecular weight excluding hydrogens is 302 g/mol. The van der Waals surface area contributed by atoms with Crippen LogP contribution >= 0.6 is 0 Å². The fourth-order valence-electron chi connectivity index (χ4n) is 2.62. The number of benzene rings is 2. The average molecular weight is 321 g/mol. The molecule has 1 heterocycles. The summed E-state index contributed by atoms with van der Waals surface area (Å²) in [6.45, 7) is 1.99. The Hall–Kier alpha value is -3.08. The second-order valence-electron chi connectivity index (χ2n) is 5.67. The summed E-state index contributed by atoms with van der Waals surface area (Å²) in [5.41, 5.74) is 3.43. The molecule has 0 unspecified atom stereocenters. The first-order chi connectivity index (χ1) is 11.6. The van der Waals surface area contributed by atoms with Crippen LogP contribution in [0, 0.1) is 0 Å². The van der Waals surface area contributed by atoms with Gasteiger partial charge in [0.1, 0.15) is 0 Å². The van der Waals surface area contributed by atoms with Crippen LogP contribution in [0.5, 0.6) is 0 Å². The van der Waals surface area contributed by atoms with Gasteiger partial charge in [-0.3, -0.25) is 9.59 Å². The maximum absolute atomic E-state index is 12.2. The molecule has 3 aromatic rings. The Morgan fingerprint density at radius 3 is 2.79 bits per heavy atom. The fourth-order valence-corrected chi connectivity index (χ4v) is 2.62. The average Bonchev–Trinajstić information content (AvgIpc) is 3.02. The first-order valence-corrected chi connectivity index (χ1v) is 7.84. The third kappa shape index (κ3) is 3.81. The normalized spacial score (nSPS) is 10.5. The third-order valence-electron chi connectivity index (χ3n) is 3.76. The Balaban J connectivity index is 1.58. The number of H-pyrrole nitrogens is 1. The van der Waals surface area contributed by atoms with Crippen molar-refractivity contribution in [1.82, 2.24) is 10.3 Å². The maximum atomic E-state index is 12.2. The molecule has 0 saturated carbocycles. The van der Waals surface area contributed by atoms with Crippen molar-refractivity contribution >= 4 is 28.4 Å². The molecule has 5 heteroatoms. The van der Waals surface area contributed by atoms with E-state index < -0.39 is 0 Å². The third-order valence-corrected chi connectivity index (χ3v) is 3.76. The van der Waals surface area contributed by atoms with Crippen molar-refractivity contribution in [3.8, 4) is 0 Å². The number of hydrogen-bond donors (Lipinski definition) is 3. The molecular formula is C19H19N3O2. The van der Waals surface area contributed by atoms with Crippen LogP contribution in [0.15, 0.2) is 54.7 Å². The van der Waals surface area contributed by atoms with Crippen LogP contribution < -0.4 is 10.6 Å². The van der Waals surface area contributed by atoms with E-state index >= 15 is 0 Å². The van der Waals surface area contributed by atoms with Crippen molar-refractivity contribution in [3.05, 3.63) is 65.9 Å². The van der Waals surface area contributed by atoms with E-state index in [1.54, 1.807) is 24.3 Å². The van der Waals surface area contributed by atoms with Crippen molar-refractivity contribution in [1.29, 1.82) is 0 Å².